The lowest BCUT2D eigenvalue weighted by atomic mass is 10.2. The molecule has 0 amide bonds. The molecule has 0 fully saturated rings. The summed E-state index contributed by atoms with van der Waals surface area (Å²) in [5.74, 6) is 0.354. The summed E-state index contributed by atoms with van der Waals surface area (Å²) < 4.78 is 42.8. The summed E-state index contributed by atoms with van der Waals surface area (Å²) in [5, 5.41) is 4.46. The molecule has 0 bridgehead atoms. The van der Waals surface area contributed by atoms with Gasteiger partial charge in [-0.05, 0) is 6.92 Å². The number of aromatic nitrogens is 3. The summed E-state index contributed by atoms with van der Waals surface area (Å²) in [4.78, 5) is 3.88. The van der Waals surface area contributed by atoms with Crippen LogP contribution in [0.4, 0.5) is 13.2 Å². The van der Waals surface area contributed by atoms with Crippen molar-refractivity contribution in [3.63, 3.8) is 0 Å². The van der Waals surface area contributed by atoms with Gasteiger partial charge in [0.25, 0.3) is 0 Å². The van der Waals surface area contributed by atoms with Crippen LogP contribution in [0.5, 0.6) is 5.88 Å². The molecule has 4 nitrogen and oxygen atoms in total. The second-order valence-corrected chi connectivity index (χ2v) is 3.60. The van der Waals surface area contributed by atoms with Crippen LogP contribution in [0.3, 0.4) is 0 Å². The zero-order valence-corrected chi connectivity index (χ0v) is 9.25. The van der Waals surface area contributed by atoms with Gasteiger partial charge in [-0.2, -0.15) is 18.3 Å². The Bertz CT molecular complexity index is 547. The molecule has 7 heteroatoms. The Morgan fingerprint density at radius 3 is 2.71 bits per heavy atom. The summed E-state index contributed by atoms with van der Waals surface area (Å²) in [6.07, 6.45) is -2.97. The van der Waals surface area contributed by atoms with Crippen LogP contribution in [-0.2, 0) is 6.54 Å². The van der Waals surface area contributed by atoms with Crippen LogP contribution in [0, 0.1) is 6.92 Å². The molecule has 0 aliphatic rings. The van der Waals surface area contributed by atoms with E-state index in [0.717, 1.165) is 4.68 Å². The second-order valence-electron chi connectivity index (χ2n) is 3.60. The van der Waals surface area contributed by atoms with Gasteiger partial charge in [0.15, 0.2) is 0 Å². The van der Waals surface area contributed by atoms with Crippen LogP contribution >= 0.6 is 0 Å². The van der Waals surface area contributed by atoms with Crippen molar-refractivity contribution in [2.75, 3.05) is 7.11 Å². The van der Waals surface area contributed by atoms with Gasteiger partial charge in [-0.25, -0.2) is 4.98 Å². The summed E-state index contributed by atoms with van der Waals surface area (Å²) in [5.41, 5.74) is 0.866. The molecular formula is C10H10F3N3O. The van der Waals surface area contributed by atoms with Crippen LogP contribution in [-0.4, -0.2) is 28.1 Å². The summed E-state index contributed by atoms with van der Waals surface area (Å²) in [6, 6.07) is 1.57. The van der Waals surface area contributed by atoms with Gasteiger partial charge < -0.3 is 4.74 Å². The van der Waals surface area contributed by atoms with Crippen LogP contribution in [0.1, 0.15) is 5.69 Å². The predicted octanol–water partition coefficient (Wildman–Crippen LogP) is 2.31. The quantitative estimate of drug-likeness (QED) is 0.815. The van der Waals surface area contributed by atoms with Crippen LogP contribution < -0.4 is 4.74 Å². The van der Waals surface area contributed by atoms with Gasteiger partial charge in [0.05, 0.1) is 24.5 Å². The molecular weight excluding hydrogens is 235 g/mol. The number of aryl methyl sites for hydroxylation is 1. The van der Waals surface area contributed by atoms with E-state index in [4.69, 9.17) is 4.74 Å². The first-order valence-corrected chi connectivity index (χ1v) is 4.84. The van der Waals surface area contributed by atoms with E-state index in [-0.39, 0.29) is 0 Å². The van der Waals surface area contributed by atoms with Gasteiger partial charge in [0.2, 0.25) is 5.88 Å². The number of ether oxygens (including phenoxy) is 1. The molecule has 0 unspecified atom stereocenters. The normalized spacial score (nSPS) is 12.1. The molecule has 0 spiro atoms. The van der Waals surface area contributed by atoms with E-state index in [0.29, 0.717) is 22.5 Å². The third kappa shape index (κ3) is 2.32. The number of pyridine rings is 1. The van der Waals surface area contributed by atoms with Crippen molar-refractivity contribution in [2.45, 2.75) is 19.6 Å². The number of rotatable bonds is 2. The minimum Gasteiger partial charge on any atom is -0.481 e. The largest absolute Gasteiger partial charge is 0.481 e. The minimum atomic E-state index is -4.30. The highest BCUT2D eigenvalue weighted by molar-refractivity contribution is 5.81. The van der Waals surface area contributed by atoms with Crippen molar-refractivity contribution in [2.24, 2.45) is 0 Å². The van der Waals surface area contributed by atoms with Gasteiger partial charge in [-0.15, -0.1) is 0 Å². The Kier molecular flexibility index (Phi) is 2.68. The van der Waals surface area contributed by atoms with Crippen molar-refractivity contribution in [3.8, 4) is 5.88 Å². The Morgan fingerprint density at radius 1 is 1.41 bits per heavy atom. The zero-order valence-electron chi connectivity index (χ0n) is 9.25. The molecule has 2 aromatic rings. The predicted molar refractivity (Wildman–Crippen MR) is 54.9 cm³/mol. The highest BCUT2D eigenvalue weighted by Crippen LogP contribution is 2.24. The smallest absolute Gasteiger partial charge is 0.408 e. The van der Waals surface area contributed by atoms with Crippen molar-refractivity contribution in [1.82, 2.24) is 14.8 Å². The fourth-order valence-corrected chi connectivity index (χ4v) is 1.62. The summed E-state index contributed by atoms with van der Waals surface area (Å²) in [7, 11) is 1.45. The summed E-state index contributed by atoms with van der Waals surface area (Å²) >= 11 is 0. The third-order valence-corrected chi connectivity index (χ3v) is 2.33. The molecule has 2 aromatic heterocycles. The highest BCUT2D eigenvalue weighted by Gasteiger charge is 2.29. The van der Waals surface area contributed by atoms with Crippen LogP contribution in [0.2, 0.25) is 0 Å². The zero-order chi connectivity index (χ0) is 12.6. The SMILES string of the molecule is COc1cc2c(C)nn(CC(F)(F)F)c2cn1. The maximum Gasteiger partial charge on any atom is 0.408 e. The van der Waals surface area contributed by atoms with Gasteiger partial charge in [-0.3, -0.25) is 4.68 Å². The molecule has 0 aliphatic heterocycles. The standard InChI is InChI=1S/C10H10F3N3O/c1-6-7-3-9(17-2)14-4-8(7)16(15-6)5-10(11,12)13/h3-4H,5H2,1-2H3. The third-order valence-electron chi connectivity index (χ3n) is 2.33. The lowest BCUT2D eigenvalue weighted by Crippen LogP contribution is -2.18. The maximum absolute atomic E-state index is 12.3. The van der Waals surface area contributed by atoms with Gasteiger partial charge in [0.1, 0.15) is 6.54 Å². The number of fused-ring (bicyclic) bond motifs is 1. The number of hydrogen-bond donors (Lipinski definition) is 0. The van der Waals surface area contributed by atoms with Gasteiger partial charge in [0, 0.05) is 11.5 Å². The Hall–Kier alpha value is -1.79. The summed E-state index contributed by atoms with van der Waals surface area (Å²) in [6.45, 7) is 0.528. The second kappa shape index (κ2) is 3.90. The first-order valence-electron chi connectivity index (χ1n) is 4.84. The van der Waals surface area contributed by atoms with Gasteiger partial charge >= 0.3 is 6.18 Å². The Balaban J connectivity index is 2.52. The molecule has 0 atom stereocenters. The number of methoxy groups -OCH3 is 1. The van der Waals surface area contributed by atoms with Crippen LogP contribution in [0.15, 0.2) is 12.3 Å². The lowest BCUT2D eigenvalue weighted by Gasteiger charge is -2.07. The van der Waals surface area contributed by atoms with E-state index in [1.165, 1.54) is 13.3 Å². The fraction of sp³-hybridized carbons (Fsp3) is 0.400. The van der Waals surface area contributed by atoms with E-state index >= 15 is 0 Å². The van der Waals surface area contributed by atoms with Gasteiger partial charge in [-0.1, -0.05) is 0 Å². The first-order chi connectivity index (χ1) is 7.90. The van der Waals surface area contributed by atoms with Crippen LogP contribution in [0.25, 0.3) is 10.9 Å². The van der Waals surface area contributed by atoms with Crippen molar-refractivity contribution in [3.05, 3.63) is 18.0 Å². The first kappa shape index (κ1) is 11.7. The molecule has 0 radical (unpaired) electrons. The van der Waals surface area contributed by atoms with Crippen molar-refractivity contribution >= 4 is 10.9 Å². The topological polar surface area (TPSA) is 39.9 Å². The molecule has 0 N–H and O–H groups in total. The lowest BCUT2D eigenvalue weighted by molar-refractivity contribution is -0.141. The molecule has 2 rings (SSSR count). The minimum absolute atomic E-state index is 0.348. The number of hydrogen-bond acceptors (Lipinski definition) is 3. The molecule has 0 saturated carbocycles. The van der Waals surface area contributed by atoms with Crippen molar-refractivity contribution < 1.29 is 17.9 Å². The molecule has 0 aliphatic carbocycles. The number of halogens is 3. The molecule has 92 valence electrons. The fourth-order valence-electron chi connectivity index (χ4n) is 1.62. The van der Waals surface area contributed by atoms with Crippen molar-refractivity contribution in [1.29, 1.82) is 0 Å². The molecule has 17 heavy (non-hydrogen) atoms. The molecule has 0 aromatic carbocycles. The highest BCUT2D eigenvalue weighted by atomic mass is 19.4. The monoisotopic (exact) mass is 245 g/mol. The van der Waals surface area contributed by atoms with E-state index in [1.807, 2.05) is 0 Å². The van der Waals surface area contributed by atoms with E-state index in [2.05, 4.69) is 10.1 Å². The Labute approximate surface area is 95.0 Å². The average Bonchev–Trinajstić information content (AvgIpc) is 2.53. The maximum atomic E-state index is 12.3. The molecule has 2 heterocycles. The number of alkyl halides is 3. The van der Waals surface area contributed by atoms with E-state index in [1.54, 1.807) is 13.0 Å². The van der Waals surface area contributed by atoms with E-state index < -0.39 is 12.7 Å². The average molecular weight is 245 g/mol. The molecule has 0 saturated heterocycles. The van der Waals surface area contributed by atoms with E-state index in [9.17, 15) is 13.2 Å². The Morgan fingerprint density at radius 2 is 2.12 bits per heavy atom. The number of nitrogens with zero attached hydrogens (tertiary/aromatic N) is 3.